The van der Waals surface area contributed by atoms with Crippen LogP contribution in [-0.2, 0) is 0 Å². The summed E-state index contributed by atoms with van der Waals surface area (Å²) in [5.41, 5.74) is 1.41. The van der Waals surface area contributed by atoms with Crippen LogP contribution in [0.25, 0.3) is 11.3 Å². The molecule has 0 fully saturated rings. The summed E-state index contributed by atoms with van der Waals surface area (Å²) in [4.78, 5) is 12.4. The molecule has 0 aliphatic rings. The number of anilines is 1. The number of nitrogens with zero attached hydrogens (tertiary/aromatic N) is 2. The van der Waals surface area contributed by atoms with Crippen molar-refractivity contribution in [3.63, 3.8) is 0 Å². The van der Waals surface area contributed by atoms with Crippen molar-refractivity contribution < 1.29 is 14.3 Å². The number of halogens is 1. The molecule has 19 heavy (non-hydrogen) atoms. The molecule has 1 aromatic heterocycles. The molecule has 6 heteroatoms. The third-order valence-electron chi connectivity index (χ3n) is 2.60. The molecular formula is C13H13FN2O2S. The summed E-state index contributed by atoms with van der Waals surface area (Å²) in [6.07, 6.45) is -1.01. The first-order chi connectivity index (χ1) is 8.99. The molecular weight excluding hydrogens is 267 g/mol. The maximum absolute atomic E-state index is 12.8. The average molecular weight is 280 g/mol. The van der Waals surface area contributed by atoms with Gasteiger partial charge in [-0.05, 0) is 49.6 Å². The lowest BCUT2D eigenvalue weighted by Crippen LogP contribution is -2.34. The van der Waals surface area contributed by atoms with Gasteiger partial charge >= 0.3 is 6.09 Å². The zero-order valence-corrected chi connectivity index (χ0v) is 11.3. The van der Waals surface area contributed by atoms with Crippen LogP contribution in [0.2, 0.25) is 0 Å². The van der Waals surface area contributed by atoms with E-state index in [0.29, 0.717) is 10.7 Å². The van der Waals surface area contributed by atoms with Crippen LogP contribution >= 0.6 is 11.5 Å². The number of amides is 1. The molecule has 100 valence electrons. The molecule has 0 aliphatic carbocycles. The van der Waals surface area contributed by atoms with E-state index < -0.39 is 6.09 Å². The van der Waals surface area contributed by atoms with Crippen molar-refractivity contribution in [1.29, 1.82) is 0 Å². The van der Waals surface area contributed by atoms with Crippen LogP contribution in [0, 0.1) is 5.82 Å². The zero-order valence-electron chi connectivity index (χ0n) is 10.5. The van der Waals surface area contributed by atoms with Crippen molar-refractivity contribution >= 4 is 22.6 Å². The minimum atomic E-state index is -1.01. The van der Waals surface area contributed by atoms with E-state index in [1.165, 1.54) is 17.0 Å². The number of hydrogen-bond donors (Lipinski definition) is 1. The van der Waals surface area contributed by atoms with Crippen molar-refractivity contribution in [3.05, 3.63) is 36.1 Å². The number of carbonyl (C=O) groups is 1. The first-order valence-electron chi connectivity index (χ1n) is 5.74. The fourth-order valence-corrected chi connectivity index (χ4v) is 2.60. The molecule has 0 atom stereocenters. The van der Waals surface area contributed by atoms with E-state index in [0.717, 1.165) is 17.1 Å². The van der Waals surface area contributed by atoms with Crippen LogP contribution in [0.1, 0.15) is 13.8 Å². The average Bonchev–Trinajstić information content (AvgIpc) is 2.78. The highest BCUT2D eigenvalue weighted by atomic mass is 32.1. The molecule has 1 heterocycles. The van der Waals surface area contributed by atoms with Crippen molar-refractivity contribution in [2.24, 2.45) is 0 Å². The summed E-state index contributed by atoms with van der Waals surface area (Å²) in [7, 11) is 0. The largest absolute Gasteiger partial charge is 0.465 e. The lowest BCUT2D eigenvalue weighted by Gasteiger charge is -2.20. The Kier molecular flexibility index (Phi) is 3.80. The SMILES string of the molecule is CC(C)N(C(=O)O)c1cc(-c2ccc(F)cc2)ns1. The Hall–Kier alpha value is -1.95. The Bertz CT molecular complexity index is 581. The Morgan fingerprint density at radius 3 is 2.53 bits per heavy atom. The van der Waals surface area contributed by atoms with Gasteiger partial charge in [0.25, 0.3) is 0 Å². The van der Waals surface area contributed by atoms with Crippen molar-refractivity contribution in [3.8, 4) is 11.3 Å². The van der Waals surface area contributed by atoms with E-state index in [1.54, 1.807) is 32.0 Å². The van der Waals surface area contributed by atoms with Gasteiger partial charge in [0.15, 0.2) is 0 Å². The molecule has 4 nitrogen and oxygen atoms in total. The molecule has 0 saturated heterocycles. The van der Waals surface area contributed by atoms with Gasteiger partial charge in [0, 0.05) is 17.7 Å². The molecule has 2 rings (SSSR count). The summed E-state index contributed by atoms with van der Waals surface area (Å²) in [6.45, 7) is 3.59. The Morgan fingerprint density at radius 1 is 1.37 bits per heavy atom. The van der Waals surface area contributed by atoms with Crippen LogP contribution in [0.15, 0.2) is 30.3 Å². The highest BCUT2D eigenvalue weighted by Gasteiger charge is 2.20. The van der Waals surface area contributed by atoms with Crippen molar-refractivity contribution in [2.45, 2.75) is 19.9 Å². The summed E-state index contributed by atoms with van der Waals surface area (Å²) in [5, 5.41) is 9.73. The van der Waals surface area contributed by atoms with Crippen LogP contribution < -0.4 is 4.90 Å². The molecule has 0 bridgehead atoms. The quantitative estimate of drug-likeness (QED) is 0.929. The van der Waals surface area contributed by atoms with E-state index in [4.69, 9.17) is 5.11 Å². The number of rotatable bonds is 3. The molecule has 2 aromatic rings. The third-order valence-corrected chi connectivity index (χ3v) is 3.39. The number of hydrogen-bond acceptors (Lipinski definition) is 3. The predicted molar refractivity (Wildman–Crippen MR) is 73.1 cm³/mol. The van der Waals surface area contributed by atoms with Gasteiger partial charge in [-0.3, -0.25) is 4.90 Å². The smallest absolute Gasteiger partial charge is 0.412 e. The summed E-state index contributed by atoms with van der Waals surface area (Å²) in [6, 6.07) is 7.48. The van der Waals surface area contributed by atoms with Crippen LogP contribution in [0.4, 0.5) is 14.2 Å². The monoisotopic (exact) mass is 280 g/mol. The van der Waals surface area contributed by atoms with Gasteiger partial charge in [0.1, 0.15) is 10.8 Å². The zero-order chi connectivity index (χ0) is 14.0. The van der Waals surface area contributed by atoms with E-state index >= 15 is 0 Å². The summed E-state index contributed by atoms with van der Waals surface area (Å²) in [5.74, 6) is -0.312. The maximum atomic E-state index is 12.8. The first kappa shape index (κ1) is 13.5. The second-order valence-electron chi connectivity index (χ2n) is 4.30. The van der Waals surface area contributed by atoms with Gasteiger partial charge in [-0.15, -0.1) is 0 Å². The minimum absolute atomic E-state index is 0.168. The molecule has 0 spiro atoms. The van der Waals surface area contributed by atoms with E-state index in [2.05, 4.69) is 4.37 Å². The minimum Gasteiger partial charge on any atom is -0.465 e. The Morgan fingerprint density at radius 2 is 2.00 bits per heavy atom. The third kappa shape index (κ3) is 2.90. The summed E-state index contributed by atoms with van der Waals surface area (Å²) < 4.78 is 17.1. The highest BCUT2D eigenvalue weighted by molar-refractivity contribution is 7.10. The van der Waals surface area contributed by atoms with Crippen LogP contribution in [-0.4, -0.2) is 21.6 Å². The Balaban J connectivity index is 2.32. The van der Waals surface area contributed by atoms with Crippen molar-refractivity contribution in [2.75, 3.05) is 4.90 Å². The topological polar surface area (TPSA) is 53.4 Å². The van der Waals surface area contributed by atoms with Gasteiger partial charge in [0.2, 0.25) is 0 Å². The van der Waals surface area contributed by atoms with Gasteiger partial charge in [-0.2, -0.15) is 4.37 Å². The fraction of sp³-hybridized carbons (Fsp3) is 0.231. The second-order valence-corrected chi connectivity index (χ2v) is 5.09. The maximum Gasteiger partial charge on any atom is 0.412 e. The van der Waals surface area contributed by atoms with Crippen molar-refractivity contribution in [1.82, 2.24) is 4.37 Å². The molecule has 1 amide bonds. The molecule has 0 radical (unpaired) electrons. The molecule has 0 unspecified atom stereocenters. The highest BCUT2D eigenvalue weighted by Crippen LogP contribution is 2.29. The molecule has 1 N–H and O–H groups in total. The first-order valence-corrected chi connectivity index (χ1v) is 6.51. The standard InChI is InChI=1S/C13H13FN2O2S/c1-8(2)16(13(17)18)12-7-11(15-19-12)9-3-5-10(14)6-4-9/h3-8H,1-2H3,(H,17,18). The van der Waals surface area contributed by atoms with E-state index in [1.807, 2.05) is 0 Å². The Labute approximate surface area is 114 Å². The second kappa shape index (κ2) is 5.36. The van der Waals surface area contributed by atoms with Crippen LogP contribution in [0.5, 0.6) is 0 Å². The van der Waals surface area contributed by atoms with E-state index in [9.17, 15) is 9.18 Å². The molecule has 0 aliphatic heterocycles. The molecule has 1 aromatic carbocycles. The number of carboxylic acid groups (broad SMARTS) is 1. The van der Waals surface area contributed by atoms with Gasteiger partial charge in [-0.1, -0.05) is 0 Å². The van der Waals surface area contributed by atoms with Crippen LogP contribution in [0.3, 0.4) is 0 Å². The fourth-order valence-electron chi connectivity index (χ4n) is 1.71. The lowest BCUT2D eigenvalue weighted by molar-refractivity contribution is 0.200. The van der Waals surface area contributed by atoms with Gasteiger partial charge < -0.3 is 5.11 Å². The van der Waals surface area contributed by atoms with Gasteiger partial charge in [0.05, 0.1) is 5.69 Å². The molecule has 0 saturated carbocycles. The normalized spacial score (nSPS) is 10.7. The predicted octanol–water partition coefficient (Wildman–Crippen LogP) is 3.84. The van der Waals surface area contributed by atoms with E-state index in [-0.39, 0.29) is 11.9 Å². The lowest BCUT2D eigenvalue weighted by atomic mass is 10.1. The summed E-state index contributed by atoms with van der Waals surface area (Å²) >= 11 is 1.11. The number of benzene rings is 1. The van der Waals surface area contributed by atoms with Gasteiger partial charge in [-0.25, -0.2) is 9.18 Å². The number of aromatic nitrogens is 1.